The van der Waals surface area contributed by atoms with Crippen molar-refractivity contribution in [3.63, 3.8) is 0 Å². The van der Waals surface area contributed by atoms with Crippen molar-refractivity contribution in [1.29, 1.82) is 0 Å². The first kappa shape index (κ1) is 18.5. The molecule has 0 amide bonds. The van der Waals surface area contributed by atoms with Crippen molar-refractivity contribution in [1.82, 2.24) is 0 Å². The van der Waals surface area contributed by atoms with Crippen LogP contribution in [-0.2, 0) is 4.65 Å². The van der Waals surface area contributed by atoms with Crippen LogP contribution in [0.2, 0.25) is 6.32 Å². The molecule has 0 bridgehead atoms. The van der Waals surface area contributed by atoms with Gasteiger partial charge in [0.2, 0.25) is 0 Å². The lowest BCUT2D eigenvalue weighted by molar-refractivity contribution is 0.180. The molecule has 24 heavy (non-hydrogen) atoms. The zero-order chi connectivity index (χ0) is 17.5. The van der Waals surface area contributed by atoms with E-state index in [0.29, 0.717) is 18.3 Å². The van der Waals surface area contributed by atoms with Crippen LogP contribution in [0.3, 0.4) is 0 Å². The van der Waals surface area contributed by atoms with Gasteiger partial charge in [-0.1, -0.05) is 49.4 Å². The number of aromatic hydroxyl groups is 1. The van der Waals surface area contributed by atoms with Crippen molar-refractivity contribution in [2.75, 3.05) is 6.61 Å². The Morgan fingerprint density at radius 1 is 1.42 bits per heavy atom. The van der Waals surface area contributed by atoms with Gasteiger partial charge in [0.1, 0.15) is 5.75 Å². The Morgan fingerprint density at radius 2 is 2.17 bits per heavy atom. The molecule has 4 nitrogen and oxygen atoms in total. The monoisotopic (exact) mass is 328 g/mol. The number of para-hydroxylation sites is 1. The van der Waals surface area contributed by atoms with Crippen LogP contribution in [0.5, 0.6) is 5.75 Å². The van der Waals surface area contributed by atoms with Gasteiger partial charge in [0.25, 0.3) is 0 Å². The predicted octanol–water partition coefficient (Wildman–Crippen LogP) is 3.32. The Hall–Kier alpha value is -1.82. The van der Waals surface area contributed by atoms with Crippen LogP contribution in [0, 0.1) is 0 Å². The summed E-state index contributed by atoms with van der Waals surface area (Å²) in [5, 5.41) is 29.0. The van der Waals surface area contributed by atoms with Crippen molar-refractivity contribution in [3.05, 3.63) is 59.2 Å². The first-order valence-corrected chi connectivity index (χ1v) is 8.35. The fourth-order valence-electron chi connectivity index (χ4n) is 2.86. The second-order valence-corrected chi connectivity index (χ2v) is 5.99. The molecule has 128 valence electrons. The second kappa shape index (κ2) is 8.88. The van der Waals surface area contributed by atoms with E-state index >= 15 is 0 Å². The summed E-state index contributed by atoms with van der Waals surface area (Å²) < 4.78 is 5.63. The zero-order valence-electron chi connectivity index (χ0n) is 14.1. The van der Waals surface area contributed by atoms with Gasteiger partial charge in [-0.05, 0) is 36.5 Å². The average Bonchev–Trinajstić information content (AvgIpc) is 2.59. The lowest BCUT2D eigenvalue weighted by atomic mass is 9.78. The largest absolute Gasteiger partial charge is 0.507 e. The number of phenolic OH excluding ortho intramolecular Hbond substituents is 1. The molecule has 0 saturated heterocycles. The molecule has 1 aromatic carbocycles. The number of phenols is 1. The molecular weight excluding hydrogens is 303 g/mol. The lowest BCUT2D eigenvalue weighted by Gasteiger charge is -2.28. The lowest BCUT2D eigenvalue weighted by Crippen LogP contribution is -2.32. The number of hydrogen-bond acceptors (Lipinski definition) is 4. The highest BCUT2D eigenvalue weighted by molar-refractivity contribution is 6.43. The van der Waals surface area contributed by atoms with Crippen LogP contribution in [0.25, 0.3) is 6.08 Å². The average molecular weight is 328 g/mol. The highest BCUT2D eigenvalue weighted by atomic mass is 16.5. The Morgan fingerprint density at radius 3 is 2.83 bits per heavy atom. The van der Waals surface area contributed by atoms with Crippen LogP contribution < -0.4 is 0 Å². The fourth-order valence-corrected chi connectivity index (χ4v) is 2.86. The van der Waals surface area contributed by atoms with Crippen molar-refractivity contribution in [2.24, 2.45) is 0 Å². The van der Waals surface area contributed by atoms with Crippen LogP contribution in [0.4, 0.5) is 0 Å². The zero-order valence-corrected chi connectivity index (χ0v) is 14.1. The standard InChI is InChI=1S/C19H25BO4/c1-3-15(12-16-6-4-5-7-18(16)22)8-9-19-17(14(2)13-21)10-11-20(23)24-19/h4-7,10,12,19,21-23H,2-3,8-9,11,13H2,1H3/b15-12+. The van der Waals surface area contributed by atoms with E-state index in [-0.39, 0.29) is 18.5 Å². The molecule has 1 unspecified atom stereocenters. The Balaban J connectivity index is 2.09. The number of aliphatic hydroxyl groups is 1. The fraction of sp³-hybridized carbons (Fsp3) is 0.368. The minimum absolute atomic E-state index is 0.115. The van der Waals surface area contributed by atoms with Gasteiger partial charge in [0, 0.05) is 11.9 Å². The molecule has 1 atom stereocenters. The molecular formula is C19H25BO4. The van der Waals surface area contributed by atoms with Gasteiger partial charge in [-0.25, -0.2) is 0 Å². The smallest absolute Gasteiger partial charge is 0.458 e. The van der Waals surface area contributed by atoms with Gasteiger partial charge in [-0.2, -0.15) is 0 Å². The minimum atomic E-state index is -0.808. The molecule has 0 saturated carbocycles. The van der Waals surface area contributed by atoms with Crippen LogP contribution >= 0.6 is 0 Å². The maximum Gasteiger partial charge on any atom is 0.458 e. The van der Waals surface area contributed by atoms with Crippen molar-refractivity contribution < 1.29 is 19.9 Å². The van der Waals surface area contributed by atoms with Crippen LogP contribution in [0.1, 0.15) is 31.7 Å². The van der Waals surface area contributed by atoms with Gasteiger partial charge in [-0.15, -0.1) is 0 Å². The molecule has 2 rings (SSSR count). The SMILES string of the molecule is C=C(CO)C1=CCB(O)OC1CC/C(=C/c1ccccc1O)CC. The summed E-state index contributed by atoms with van der Waals surface area (Å²) in [5.41, 5.74) is 3.50. The summed E-state index contributed by atoms with van der Waals surface area (Å²) in [7, 11) is -0.808. The molecule has 0 radical (unpaired) electrons. The molecule has 1 heterocycles. The third-order valence-corrected chi connectivity index (χ3v) is 4.28. The number of allylic oxidation sites excluding steroid dienone is 2. The molecule has 0 aliphatic carbocycles. The Bertz CT molecular complexity index is 636. The predicted molar refractivity (Wildman–Crippen MR) is 97.6 cm³/mol. The van der Waals surface area contributed by atoms with Crippen molar-refractivity contribution in [2.45, 2.75) is 38.6 Å². The van der Waals surface area contributed by atoms with E-state index < -0.39 is 7.12 Å². The van der Waals surface area contributed by atoms with Crippen molar-refractivity contribution >= 4 is 13.2 Å². The number of hydrogen-bond donors (Lipinski definition) is 3. The summed E-state index contributed by atoms with van der Waals surface area (Å²) >= 11 is 0. The molecule has 0 aromatic heterocycles. The summed E-state index contributed by atoms with van der Waals surface area (Å²) in [4.78, 5) is 0. The summed E-state index contributed by atoms with van der Waals surface area (Å²) in [6.45, 7) is 5.83. The first-order chi connectivity index (χ1) is 11.5. The van der Waals surface area contributed by atoms with E-state index in [9.17, 15) is 15.2 Å². The van der Waals surface area contributed by atoms with Gasteiger partial charge in [-0.3, -0.25) is 0 Å². The molecule has 1 aliphatic heterocycles. The van der Waals surface area contributed by atoms with E-state index in [1.54, 1.807) is 12.1 Å². The van der Waals surface area contributed by atoms with Crippen molar-refractivity contribution in [3.8, 4) is 5.75 Å². The van der Waals surface area contributed by atoms with Gasteiger partial charge >= 0.3 is 7.12 Å². The maximum absolute atomic E-state index is 9.90. The Kier molecular flexibility index (Phi) is 6.85. The topological polar surface area (TPSA) is 69.9 Å². The third kappa shape index (κ3) is 4.84. The van der Waals surface area contributed by atoms with Gasteiger partial charge < -0.3 is 19.9 Å². The van der Waals surface area contributed by atoms with E-state index in [1.165, 1.54) is 5.57 Å². The number of aliphatic hydroxyl groups excluding tert-OH is 1. The Labute approximate surface area is 143 Å². The first-order valence-electron chi connectivity index (χ1n) is 8.35. The van der Waals surface area contributed by atoms with Gasteiger partial charge in [0.05, 0.1) is 12.7 Å². The normalized spacial score (nSPS) is 18.5. The second-order valence-electron chi connectivity index (χ2n) is 5.99. The van der Waals surface area contributed by atoms with Gasteiger partial charge in [0.15, 0.2) is 0 Å². The molecule has 1 aliphatic rings. The third-order valence-electron chi connectivity index (χ3n) is 4.28. The number of benzene rings is 1. The van der Waals surface area contributed by atoms with E-state index in [0.717, 1.165) is 24.0 Å². The van der Waals surface area contributed by atoms with Crippen LogP contribution in [-0.4, -0.2) is 35.1 Å². The molecule has 0 spiro atoms. The summed E-state index contributed by atoms with van der Waals surface area (Å²) in [6.07, 6.45) is 6.37. The summed E-state index contributed by atoms with van der Waals surface area (Å²) in [5.74, 6) is 0.266. The molecule has 5 heteroatoms. The quantitative estimate of drug-likeness (QED) is 0.672. The van der Waals surface area contributed by atoms with E-state index in [4.69, 9.17) is 4.65 Å². The van der Waals surface area contributed by atoms with E-state index in [1.807, 2.05) is 24.3 Å². The highest BCUT2D eigenvalue weighted by Gasteiger charge is 2.27. The highest BCUT2D eigenvalue weighted by Crippen LogP contribution is 2.29. The molecule has 0 fully saturated rings. The number of rotatable bonds is 7. The summed E-state index contributed by atoms with van der Waals surface area (Å²) in [6, 6.07) is 7.25. The maximum atomic E-state index is 9.90. The molecule has 3 N–H and O–H groups in total. The molecule has 1 aromatic rings. The van der Waals surface area contributed by atoms with E-state index in [2.05, 4.69) is 13.5 Å². The minimum Gasteiger partial charge on any atom is -0.507 e. The van der Waals surface area contributed by atoms with Crippen LogP contribution in [0.15, 0.2) is 53.6 Å².